The fourth-order valence-electron chi connectivity index (χ4n) is 2.46. The van der Waals surface area contributed by atoms with Crippen LogP contribution >= 0.6 is 0 Å². The summed E-state index contributed by atoms with van der Waals surface area (Å²) < 4.78 is 5.84. The molecule has 0 aliphatic carbocycles. The number of benzene rings is 1. The third-order valence-corrected chi connectivity index (χ3v) is 3.39. The van der Waals surface area contributed by atoms with E-state index in [0.29, 0.717) is 5.56 Å². The standard InChI is InChI=1S/C14H19N3O/c1-16-10-13-14(17(2)7-8-18-13)12-5-3-11(9-15)4-6-12/h3-6,13-14,16H,7-8,10H2,1-2H3. The van der Waals surface area contributed by atoms with Crippen LogP contribution in [0.1, 0.15) is 17.2 Å². The molecule has 2 unspecified atom stereocenters. The molecule has 96 valence electrons. The van der Waals surface area contributed by atoms with Gasteiger partial charge in [0.1, 0.15) is 0 Å². The second kappa shape index (κ2) is 5.96. The minimum absolute atomic E-state index is 0.154. The molecule has 1 fully saturated rings. The van der Waals surface area contributed by atoms with Crippen LogP contribution in [0.2, 0.25) is 0 Å². The van der Waals surface area contributed by atoms with E-state index in [9.17, 15) is 0 Å². The van der Waals surface area contributed by atoms with Crippen molar-refractivity contribution in [3.63, 3.8) is 0 Å². The molecule has 18 heavy (non-hydrogen) atoms. The monoisotopic (exact) mass is 245 g/mol. The molecule has 0 aromatic heterocycles. The molecule has 1 aromatic carbocycles. The molecular formula is C14H19N3O. The molecule has 2 rings (SSSR count). The van der Waals surface area contributed by atoms with Gasteiger partial charge in [0, 0.05) is 13.1 Å². The molecule has 0 saturated carbocycles. The van der Waals surface area contributed by atoms with Gasteiger partial charge in [-0.15, -0.1) is 0 Å². The third-order valence-electron chi connectivity index (χ3n) is 3.39. The van der Waals surface area contributed by atoms with Crippen LogP contribution in [0.3, 0.4) is 0 Å². The lowest BCUT2D eigenvalue weighted by Gasteiger charge is -2.39. The summed E-state index contributed by atoms with van der Waals surface area (Å²) in [6.45, 7) is 2.54. The first-order chi connectivity index (χ1) is 8.76. The van der Waals surface area contributed by atoms with Gasteiger partial charge in [-0.3, -0.25) is 4.90 Å². The first-order valence-corrected chi connectivity index (χ1v) is 6.22. The highest BCUT2D eigenvalue weighted by molar-refractivity contribution is 5.33. The molecule has 4 heteroatoms. The summed E-state index contributed by atoms with van der Waals surface area (Å²) >= 11 is 0. The van der Waals surface area contributed by atoms with Crippen LogP contribution in [0.25, 0.3) is 0 Å². The second-order valence-corrected chi connectivity index (χ2v) is 4.63. The van der Waals surface area contributed by atoms with Gasteiger partial charge >= 0.3 is 0 Å². The van der Waals surface area contributed by atoms with Crippen molar-refractivity contribution in [2.24, 2.45) is 0 Å². The summed E-state index contributed by atoms with van der Waals surface area (Å²) in [6.07, 6.45) is 0.154. The van der Waals surface area contributed by atoms with Crippen LogP contribution in [0.15, 0.2) is 24.3 Å². The Bertz CT molecular complexity index is 422. The molecule has 1 N–H and O–H groups in total. The fourth-order valence-corrected chi connectivity index (χ4v) is 2.46. The van der Waals surface area contributed by atoms with Crippen molar-refractivity contribution in [3.05, 3.63) is 35.4 Å². The normalized spacial score (nSPS) is 24.7. The van der Waals surface area contributed by atoms with Gasteiger partial charge in [0.25, 0.3) is 0 Å². The average molecular weight is 245 g/mol. The van der Waals surface area contributed by atoms with Crippen molar-refractivity contribution in [2.75, 3.05) is 33.8 Å². The number of likely N-dealkylation sites (N-methyl/N-ethyl adjacent to an activating group) is 2. The number of hydrogen-bond acceptors (Lipinski definition) is 4. The number of morpholine rings is 1. The van der Waals surface area contributed by atoms with Crippen molar-refractivity contribution in [1.29, 1.82) is 5.26 Å². The molecule has 1 aromatic rings. The molecule has 0 bridgehead atoms. The van der Waals surface area contributed by atoms with Gasteiger partial charge < -0.3 is 10.1 Å². The van der Waals surface area contributed by atoms with Crippen molar-refractivity contribution < 1.29 is 4.74 Å². The smallest absolute Gasteiger partial charge is 0.0991 e. The number of ether oxygens (including phenoxy) is 1. The van der Waals surface area contributed by atoms with Crippen molar-refractivity contribution in [1.82, 2.24) is 10.2 Å². The van der Waals surface area contributed by atoms with Gasteiger partial charge in [-0.1, -0.05) is 12.1 Å². The number of rotatable bonds is 3. The summed E-state index contributed by atoms with van der Waals surface area (Å²) in [6, 6.07) is 10.2. The molecule has 1 heterocycles. The van der Waals surface area contributed by atoms with Gasteiger partial charge in [0.2, 0.25) is 0 Å². The van der Waals surface area contributed by atoms with Crippen LogP contribution in [0.5, 0.6) is 0 Å². The fraction of sp³-hybridized carbons (Fsp3) is 0.500. The van der Waals surface area contributed by atoms with Gasteiger partial charge in [-0.25, -0.2) is 0 Å². The van der Waals surface area contributed by atoms with E-state index in [2.05, 4.69) is 23.3 Å². The number of nitriles is 1. The van der Waals surface area contributed by atoms with Gasteiger partial charge in [0.05, 0.1) is 30.4 Å². The van der Waals surface area contributed by atoms with E-state index in [1.54, 1.807) is 0 Å². The Morgan fingerprint density at radius 3 is 2.78 bits per heavy atom. The van der Waals surface area contributed by atoms with E-state index in [-0.39, 0.29) is 12.1 Å². The minimum atomic E-state index is 0.154. The predicted molar refractivity (Wildman–Crippen MR) is 70.2 cm³/mol. The molecule has 1 aliphatic heterocycles. The highest BCUT2D eigenvalue weighted by Crippen LogP contribution is 2.28. The first-order valence-electron chi connectivity index (χ1n) is 6.22. The van der Waals surface area contributed by atoms with E-state index in [1.807, 2.05) is 31.3 Å². The van der Waals surface area contributed by atoms with E-state index in [4.69, 9.17) is 10.00 Å². The van der Waals surface area contributed by atoms with Crippen LogP contribution < -0.4 is 5.32 Å². The SMILES string of the molecule is CNCC1OCCN(C)C1c1ccc(C#N)cc1. The van der Waals surface area contributed by atoms with Crippen molar-refractivity contribution in [2.45, 2.75) is 12.1 Å². The lowest BCUT2D eigenvalue weighted by molar-refractivity contribution is -0.0606. The summed E-state index contributed by atoms with van der Waals surface area (Å²) in [5.74, 6) is 0. The Kier molecular flexibility index (Phi) is 4.32. The Labute approximate surface area is 108 Å². The van der Waals surface area contributed by atoms with Gasteiger partial charge in [-0.05, 0) is 31.8 Å². The van der Waals surface area contributed by atoms with E-state index >= 15 is 0 Å². The Balaban J connectivity index is 2.22. The van der Waals surface area contributed by atoms with Crippen molar-refractivity contribution in [3.8, 4) is 6.07 Å². The topological polar surface area (TPSA) is 48.3 Å². The molecule has 1 aliphatic rings. The zero-order valence-electron chi connectivity index (χ0n) is 10.9. The van der Waals surface area contributed by atoms with Crippen molar-refractivity contribution >= 4 is 0 Å². The summed E-state index contributed by atoms with van der Waals surface area (Å²) in [5.41, 5.74) is 1.90. The number of hydrogen-bond donors (Lipinski definition) is 1. The zero-order valence-corrected chi connectivity index (χ0v) is 10.9. The first kappa shape index (κ1) is 13.0. The van der Waals surface area contributed by atoms with E-state index in [1.165, 1.54) is 5.56 Å². The minimum Gasteiger partial charge on any atom is -0.374 e. The van der Waals surface area contributed by atoms with E-state index < -0.39 is 0 Å². The number of nitrogens with zero attached hydrogens (tertiary/aromatic N) is 2. The average Bonchev–Trinajstić information content (AvgIpc) is 2.40. The van der Waals surface area contributed by atoms with Crippen LogP contribution in [-0.2, 0) is 4.74 Å². The zero-order chi connectivity index (χ0) is 13.0. The molecule has 4 nitrogen and oxygen atoms in total. The molecule has 0 spiro atoms. The number of nitrogens with one attached hydrogen (secondary N) is 1. The highest BCUT2D eigenvalue weighted by Gasteiger charge is 2.30. The Morgan fingerprint density at radius 1 is 1.44 bits per heavy atom. The maximum Gasteiger partial charge on any atom is 0.0991 e. The van der Waals surface area contributed by atoms with Crippen LogP contribution in [0, 0.1) is 11.3 Å². The van der Waals surface area contributed by atoms with Crippen LogP contribution in [-0.4, -0.2) is 44.8 Å². The third kappa shape index (κ3) is 2.70. The summed E-state index contributed by atoms with van der Waals surface area (Å²) in [5, 5.41) is 12.0. The maximum absolute atomic E-state index is 8.83. The van der Waals surface area contributed by atoms with Crippen LogP contribution in [0.4, 0.5) is 0 Å². The van der Waals surface area contributed by atoms with Gasteiger partial charge in [0.15, 0.2) is 0 Å². The lowest BCUT2D eigenvalue weighted by Crippen LogP contribution is -2.46. The predicted octanol–water partition coefficient (Wildman–Crippen LogP) is 1.15. The molecular weight excluding hydrogens is 226 g/mol. The lowest BCUT2D eigenvalue weighted by atomic mass is 9.97. The summed E-state index contributed by atoms with van der Waals surface area (Å²) in [4.78, 5) is 2.31. The second-order valence-electron chi connectivity index (χ2n) is 4.63. The van der Waals surface area contributed by atoms with E-state index in [0.717, 1.165) is 19.7 Å². The van der Waals surface area contributed by atoms with Gasteiger partial charge in [-0.2, -0.15) is 5.26 Å². The summed E-state index contributed by atoms with van der Waals surface area (Å²) in [7, 11) is 4.06. The molecule has 2 atom stereocenters. The highest BCUT2D eigenvalue weighted by atomic mass is 16.5. The molecule has 0 amide bonds. The molecule has 0 radical (unpaired) electrons. The Hall–Kier alpha value is -1.41. The largest absolute Gasteiger partial charge is 0.374 e. The Morgan fingerprint density at radius 2 is 2.17 bits per heavy atom. The maximum atomic E-state index is 8.83. The quantitative estimate of drug-likeness (QED) is 0.868. The molecule has 1 saturated heterocycles.